The van der Waals surface area contributed by atoms with Crippen molar-refractivity contribution >= 4 is 21.6 Å². The monoisotopic (exact) mass is 268 g/mol. The van der Waals surface area contributed by atoms with E-state index in [1.807, 2.05) is 14.1 Å². The molecule has 1 aromatic carbocycles. The van der Waals surface area contributed by atoms with Crippen LogP contribution in [0.5, 0.6) is 0 Å². The van der Waals surface area contributed by atoms with Gasteiger partial charge in [0.2, 0.25) is 0 Å². The highest BCUT2D eigenvalue weighted by Gasteiger charge is 1.96. The standard InChI is InChI=1S/C12H17BrN2/c1-10(13)8-14-9-11-4-6-12(7-5-11)15(2)3/h4-7,14H,1,8-9H2,2-3H3. The summed E-state index contributed by atoms with van der Waals surface area (Å²) in [4.78, 5) is 2.09. The topological polar surface area (TPSA) is 15.3 Å². The Morgan fingerprint density at radius 1 is 1.33 bits per heavy atom. The number of hydrogen-bond acceptors (Lipinski definition) is 2. The van der Waals surface area contributed by atoms with Gasteiger partial charge in [-0.05, 0) is 17.7 Å². The highest BCUT2D eigenvalue weighted by molar-refractivity contribution is 9.11. The molecular formula is C12H17BrN2. The summed E-state index contributed by atoms with van der Waals surface area (Å²) in [6.07, 6.45) is 0. The van der Waals surface area contributed by atoms with E-state index in [2.05, 4.69) is 57.0 Å². The molecule has 0 aliphatic rings. The molecule has 1 rings (SSSR count). The molecule has 0 heterocycles. The first-order valence-corrected chi connectivity index (χ1v) is 5.69. The largest absolute Gasteiger partial charge is 0.378 e. The number of halogens is 1. The summed E-state index contributed by atoms with van der Waals surface area (Å²) in [5.41, 5.74) is 2.51. The first kappa shape index (κ1) is 12.3. The number of nitrogens with one attached hydrogen (secondary N) is 1. The average molecular weight is 269 g/mol. The van der Waals surface area contributed by atoms with Crippen LogP contribution in [0.1, 0.15) is 5.56 Å². The summed E-state index contributed by atoms with van der Waals surface area (Å²) in [7, 11) is 4.09. The maximum absolute atomic E-state index is 3.77. The second-order valence-electron chi connectivity index (χ2n) is 3.68. The minimum Gasteiger partial charge on any atom is -0.378 e. The van der Waals surface area contributed by atoms with Gasteiger partial charge >= 0.3 is 0 Å². The van der Waals surface area contributed by atoms with Crippen LogP contribution in [-0.4, -0.2) is 20.6 Å². The molecule has 2 nitrogen and oxygen atoms in total. The van der Waals surface area contributed by atoms with E-state index in [-0.39, 0.29) is 0 Å². The van der Waals surface area contributed by atoms with Crippen LogP contribution in [0.3, 0.4) is 0 Å². The predicted octanol–water partition coefficient (Wildman–Crippen LogP) is 2.75. The van der Waals surface area contributed by atoms with Crippen LogP contribution in [0, 0.1) is 0 Å². The fourth-order valence-electron chi connectivity index (χ4n) is 1.25. The fourth-order valence-corrected chi connectivity index (χ4v) is 1.45. The molecular weight excluding hydrogens is 252 g/mol. The number of rotatable bonds is 5. The fraction of sp³-hybridized carbons (Fsp3) is 0.333. The highest BCUT2D eigenvalue weighted by Crippen LogP contribution is 2.12. The van der Waals surface area contributed by atoms with Crippen LogP contribution in [0.15, 0.2) is 35.3 Å². The minimum atomic E-state index is 0.801. The SMILES string of the molecule is C=C(Br)CNCc1ccc(N(C)C)cc1. The lowest BCUT2D eigenvalue weighted by Gasteiger charge is -2.12. The molecule has 0 unspecified atom stereocenters. The second kappa shape index (κ2) is 5.93. The zero-order valence-electron chi connectivity index (χ0n) is 9.26. The van der Waals surface area contributed by atoms with Gasteiger partial charge in [0, 0.05) is 37.4 Å². The van der Waals surface area contributed by atoms with E-state index in [0.29, 0.717) is 0 Å². The van der Waals surface area contributed by atoms with Crippen molar-refractivity contribution < 1.29 is 0 Å². The maximum atomic E-state index is 3.77. The molecule has 1 N–H and O–H groups in total. The van der Waals surface area contributed by atoms with Crippen molar-refractivity contribution in [3.8, 4) is 0 Å². The number of hydrogen-bond donors (Lipinski definition) is 1. The van der Waals surface area contributed by atoms with Gasteiger partial charge in [0.05, 0.1) is 0 Å². The van der Waals surface area contributed by atoms with Gasteiger partial charge in [-0.2, -0.15) is 0 Å². The molecule has 0 atom stereocenters. The molecule has 82 valence electrons. The third-order valence-electron chi connectivity index (χ3n) is 2.10. The van der Waals surface area contributed by atoms with Crippen molar-refractivity contribution in [1.82, 2.24) is 5.32 Å². The Morgan fingerprint density at radius 2 is 1.93 bits per heavy atom. The Balaban J connectivity index is 2.46. The Labute approximate surface area is 100 Å². The van der Waals surface area contributed by atoms with Crippen molar-refractivity contribution in [3.05, 3.63) is 40.9 Å². The lowest BCUT2D eigenvalue weighted by atomic mass is 10.2. The van der Waals surface area contributed by atoms with Crippen LogP contribution < -0.4 is 10.2 Å². The first-order valence-electron chi connectivity index (χ1n) is 4.90. The van der Waals surface area contributed by atoms with Gasteiger partial charge in [-0.25, -0.2) is 0 Å². The zero-order chi connectivity index (χ0) is 11.3. The molecule has 1 aromatic rings. The van der Waals surface area contributed by atoms with Crippen LogP contribution in [0.25, 0.3) is 0 Å². The normalized spacial score (nSPS) is 10.1. The molecule has 0 amide bonds. The van der Waals surface area contributed by atoms with Crippen LogP contribution >= 0.6 is 15.9 Å². The molecule has 3 heteroatoms. The van der Waals surface area contributed by atoms with E-state index in [1.54, 1.807) is 0 Å². The maximum Gasteiger partial charge on any atom is 0.0361 e. The first-order chi connectivity index (χ1) is 7.09. The Morgan fingerprint density at radius 3 is 2.40 bits per heavy atom. The summed E-state index contributed by atoms with van der Waals surface area (Å²) in [6, 6.07) is 8.53. The number of nitrogens with zero attached hydrogens (tertiary/aromatic N) is 1. The van der Waals surface area contributed by atoms with Crippen molar-refractivity contribution in [2.75, 3.05) is 25.5 Å². The molecule has 0 spiro atoms. The zero-order valence-corrected chi connectivity index (χ0v) is 10.8. The molecule has 0 aliphatic heterocycles. The Kier molecular flexibility index (Phi) is 4.85. The van der Waals surface area contributed by atoms with Gasteiger partial charge in [-0.1, -0.05) is 34.6 Å². The molecule has 15 heavy (non-hydrogen) atoms. The van der Waals surface area contributed by atoms with E-state index in [0.717, 1.165) is 17.6 Å². The second-order valence-corrected chi connectivity index (χ2v) is 4.80. The summed E-state index contributed by atoms with van der Waals surface area (Å²) in [5, 5.41) is 3.29. The van der Waals surface area contributed by atoms with Gasteiger partial charge in [0.15, 0.2) is 0 Å². The molecule has 0 saturated carbocycles. The molecule has 0 aliphatic carbocycles. The summed E-state index contributed by atoms with van der Waals surface area (Å²) >= 11 is 3.31. The van der Waals surface area contributed by atoms with Crippen molar-refractivity contribution in [2.24, 2.45) is 0 Å². The summed E-state index contributed by atoms with van der Waals surface area (Å²) in [6.45, 7) is 5.45. The van der Waals surface area contributed by atoms with Crippen molar-refractivity contribution in [2.45, 2.75) is 6.54 Å². The van der Waals surface area contributed by atoms with Crippen LogP contribution in [-0.2, 0) is 6.54 Å². The third-order valence-corrected chi connectivity index (χ3v) is 2.38. The number of anilines is 1. The lowest BCUT2D eigenvalue weighted by Crippen LogP contribution is -2.14. The summed E-state index contributed by atoms with van der Waals surface area (Å²) < 4.78 is 0.979. The Hall–Kier alpha value is -0.800. The van der Waals surface area contributed by atoms with Crippen molar-refractivity contribution in [1.29, 1.82) is 0 Å². The van der Waals surface area contributed by atoms with Crippen LogP contribution in [0.4, 0.5) is 5.69 Å². The third kappa shape index (κ3) is 4.49. The van der Waals surface area contributed by atoms with Gasteiger partial charge < -0.3 is 10.2 Å². The van der Waals surface area contributed by atoms with Crippen LogP contribution in [0.2, 0.25) is 0 Å². The Bertz CT molecular complexity index is 317. The summed E-state index contributed by atoms with van der Waals surface area (Å²) in [5.74, 6) is 0. The van der Waals surface area contributed by atoms with Gasteiger partial charge in [-0.15, -0.1) is 0 Å². The molecule has 0 aromatic heterocycles. The average Bonchev–Trinajstić information content (AvgIpc) is 2.18. The van der Waals surface area contributed by atoms with E-state index < -0.39 is 0 Å². The van der Waals surface area contributed by atoms with Gasteiger partial charge in [0.1, 0.15) is 0 Å². The van der Waals surface area contributed by atoms with Gasteiger partial charge in [0.25, 0.3) is 0 Å². The van der Waals surface area contributed by atoms with E-state index in [1.165, 1.54) is 11.3 Å². The number of benzene rings is 1. The molecule has 0 bridgehead atoms. The highest BCUT2D eigenvalue weighted by atomic mass is 79.9. The molecule has 0 saturated heterocycles. The predicted molar refractivity (Wildman–Crippen MR) is 70.5 cm³/mol. The lowest BCUT2D eigenvalue weighted by molar-refractivity contribution is 0.757. The van der Waals surface area contributed by atoms with Gasteiger partial charge in [-0.3, -0.25) is 0 Å². The minimum absolute atomic E-state index is 0.801. The smallest absolute Gasteiger partial charge is 0.0361 e. The van der Waals surface area contributed by atoms with E-state index in [4.69, 9.17) is 0 Å². The quantitative estimate of drug-likeness (QED) is 0.884. The van der Waals surface area contributed by atoms with Crippen molar-refractivity contribution in [3.63, 3.8) is 0 Å². The molecule has 0 fully saturated rings. The van der Waals surface area contributed by atoms with E-state index in [9.17, 15) is 0 Å². The van der Waals surface area contributed by atoms with E-state index >= 15 is 0 Å². The molecule has 0 radical (unpaired) electrons.